The zero-order valence-electron chi connectivity index (χ0n) is 16.4. The van der Waals surface area contributed by atoms with Crippen molar-refractivity contribution in [3.05, 3.63) is 64.8 Å². The van der Waals surface area contributed by atoms with Crippen LogP contribution in [-0.2, 0) is 29.0 Å². The molecule has 30 heavy (non-hydrogen) atoms. The lowest BCUT2D eigenvalue weighted by Crippen LogP contribution is -2.46. The van der Waals surface area contributed by atoms with Crippen molar-refractivity contribution in [1.82, 2.24) is 9.88 Å². The van der Waals surface area contributed by atoms with Crippen molar-refractivity contribution in [2.75, 3.05) is 18.0 Å². The van der Waals surface area contributed by atoms with E-state index >= 15 is 0 Å². The number of aromatic carboxylic acids is 1. The first-order valence-electron chi connectivity index (χ1n) is 10.0. The maximum atomic E-state index is 13.1. The van der Waals surface area contributed by atoms with E-state index in [1.807, 2.05) is 30.3 Å². The predicted molar refractivity (Wildman–Crippen MR) is 111 cm³/mol. The summed E-state index contributed by atoms with van der Waals surface area (Å²) in [6.45, 7) is 0.958. The van der Waals surface area contributed by atoms with Crippen LogP contribution >= 0.6 is 0 Å². The van der Waals surface area contributed by atoms with Crippen LogP contribution in [-0.4, -0.2) is 45.9 Å². The van der Waals surface area contributed by atoms with Gasteiger partial charge in [0.2, 0.25) is 11.8 Å². The van der Waals surface area contributed by atoms with Gasteiger partial charge in [-0.05, 0) is 24.1 Å². The van der Waals surface area contributed by atoms with Crippen LogP contribution in [0.4, 0.5) is 5.69 Å². The molecule has 2 aromatic carbocycles. The average Bonchev–Trinajstić information content (AvgIpc) is 3.13. The molecule has 3 aromatic rings. The molecule has 2 N–H and O–H groups in total. The number of aryl methyl sites for hydroxylation is 1. The van der Waals surface area contributed by atoms with Crippen LogP contribution in [0.3, 0.4) is 0 Å². The summed E-state index contributed by atoms with van der Waals surface area (Å²) in [5.41, 5.74) is 4.67. The SMILES string of the molecule is O=C(O)c1cccc2c3c([nH]c12)CCN(C(=O)CN1C(=O)CCc2ccccc21)C3. The van der Waals surface area contributed by atoms with Crippen molar-refractivity contribution in [1.29, 1.82) is 0 Å². The number of fused-ring (bicyclic) bond motifs is 4. The van der Waals surface area contributed by atoms with Gasteiger partial charge in [-0.3, -0.25) is 9.59 Å². The number of para-hydroxylation sites is 2. The van der Waals surface area contributed by atoms with E-state index in [9.17, 15) is 19.5 Å². The molecule has 7 nitrogen and oxygen atoms in total. The number of carbonyl (C=O) groups is 3. The van der Waals surface area contributed by atoms with E-state index in [4.69, 9.17) is 0 Å². The van der Waals surface area contributed by atoms with Gasteiger partial charge in [-0.2, -0.15) is 0 Å². The fourth-order valence-corrected chi connectivity index (χ4v) is 4.53. The third kappa shape index (κ3) is 2.94. The first-order valence-corrected chi connectivity index (χ1v) is 10.0. The molecule has 1 aromatic heterocycles. The molecular formula is C23H21N3O4. The Balaban J connectivity index is 1.41. The Morgan fingerprint density at radius 2 is 1.87 bits per heavy atom. The Morgan fingerprint density at radius 1 is 1.03 bits per heavy atom. The quantitative estimate of drug-likeness (QED) is 0.703. The maximum absolute atomic E-state index is 13.1. The van der Waals surface area contributed by atoms with Crippen LogP contribution < -0.4 is 4.90 Å². The van der Waals surface area contributed by atoms with Gasteiger partial charge >= 0.3 is 5.97 Å². The van der Waals surface area contributed by atoms with Gasteiger partial charge in [-0.15, -0.1) is 0 Å². The number of hydrogen-bond donors (Lipinski definition) is 2. The molecule has 0 spiro atoms. The van der Waals surface area contributed by atoms with E-state index in [0.717, 1.165) is 27.9 Å². The van der Waals surface area contributed by atoms with E-state index in [1.165, 1.54) is 0 Å². The third-order valence-electron chi connectivity index (χ3n) is 6.08. The number of carbonyl (C=O) groups excluding carboxylic acids is 2. The third-order valence-corrected chi connectivity index (χ3v) is 6.08. The number of anilines is 1. The highest BCUT2D eigenvalue weighted by Crippen LogP contribution is 2.31. The number of rotatable bonds is 3. The Hall–Kier alpha value is -3.61. The first-order chi connectivity index (χ1) is 14.5. The van der Waals surface area contributed by atoms with Crippen molar-refractivity contribution >= 4 is 34.4 Å². The Bertz CT molecular complexity index is 1200. The molecule has 7 heteroatoms. The molecule has 2 aliphatic rings. The highest BCUT2D eigenvalue weighted by molar-refractivity contribution is 6.04. The second-order valence-corrected chi connectivity index (χ2v) is 7.79. The van der Waals surface area contributed by atoms with Gasteiger partial charge in [0.05, 0.1) is 11.1 Å². The molecule has 0 radical (unpaired) electrons. The molecule has 0 saturated carbocycles. The number of H-pyrrole nitrogens is 1. The fraction of sp³-hybridized carbons (Fsp3) is 0.261. The highest BCUT2D eigenvalue weighted by Gasteiger charge is 2.30. The minimum absolute atomic E-state index is 0.0217. The van der Waals surface area contributed by atoms with E-state index in [2.05, 4.69) is 4.98 Å². The Morgan fingerprint density at radius 3 is 2.70 bits per heavy atom. The zero-order valence-corrected chi connectivity index (χ0v) is 16.4. The van der Waals surface area contributed by atoms with Gasteiger partial charge in [-0.1, -0.05) is 30.3 Å². The summed E-state index contributed by atoms with van der Waals surface area (Å²) in [6.07, 6.45) is 1.74. The van der Waals surface area contributed by atoms with Crippen molar-refractivity contribution in [3.63, 3.8) is 0 Å². The average molecular weight is 403 g/mol. The number of carboxylic acid groups (broad SMARTS) is 1. The van der Waals surface area contributed by atoms with Gasteiger partial charge in [-0.25, -0.2) is 4.79 Å². The summed E-state index contributed by atoms with van der Waals surface area (Å²) in [5, 5.41) is 10.3. The predicted octanol–water partition coefficient (Wildman–Crippen LogP) is 2.73. The van der Waals surface area contributed by atoms with Gasteiger partial charge in [0.1, 0.15) is 6.54 Å². The van der Waals surface area contributed by atoms with Crippen LogP contribution in [0, 0.1) is 0 Å². The topological polar surface area (TPSA) is 93.7 Å². The van der Waals surface area contributed by atoms with Crippen molar-refractivity contribution in [3.8, 4) is 0 Å². The lowest BCUT2D eigenvalue weighted by Gasteiger charge is -2.33. The molecule has 152 valence electrons. The van der Waals surface area contributed by atoms with E-state index in [1.54, 1.807) is 21.9 Å². The lowest BCUT2D eigenvalue weighted by molar-refractivity contribution is -0.132. The number of hydrogen-bond acceptors (Lipinski definition) is 3. The summed E-state index contributed by atoms with van der Waals surface area (Å²) >= 11 is 0. The molecule has 0 aliphatic carbocycles. The second-order valence-electron chi connectivity index (χ2n) is 7.79. The lowest BCUT2D eigenvalue weighted by atomic mass is 10.0. The molecule has 0 bridgehead atoms. The Kier molecular flexibility index (Phi) is 4.31. The second kappa shape index (κ2) is 7.02. The van der Waals surface area contributed by atoms with Crippen LogP contribution in [0.15, 0.2) is 42.5 Å². The highest BCUT2D eigenvalue weighted by atomic mass is 16.4. The summed E-state index contributed by atoms with van der Waals surface area (Å²) in [7, 11) is 0. The van der Waals surface area contributed by atoms with Gasteiger partial charge < -0.3 is 19.9 Å². The number of aromatic amines is 1. The fourth-order valence-electron chi connectivity index (χ4n) is 4.53. The number of nitrogens with one attached hydrogen (secondary N) is 1. The van der Waals surface area contributed by atoms with E-state index < -0.39 is 5.97 Å². The number of nitrogens with zero attached hydrogens (tertiary/aromatic N) is 2. The van der Waals surface area contributed by atoms with Gasteiger partial charge in [0, 0.05) is 48.3 Å². The summed E-state index contributed by atoms with van der Waals surface area (Å²) in [6, 6.07) is 12.9. The number of aromatic nitrogens is 1. The normalized spacial score (nSPS) is 15.8. The van der Waals surface area contributed by atoms with Crippen LogP contribution in [0.25, 0.3) is 10.9 Å². The van der Waals surface area contributed by atoms with Gasteiger partial charge in [0.25, 0.3) is 0 Å². The molecule has 0 saturated heterocycles. The van der Waals surface area contributed by atoms with Crippen LogP contribution in [0.5, 0.6) is 0 Å². The minimum Gasteiger partial charge on any atom is -0.478 e. The molecule has 5 rings (SSSR count). The molecule has 2 amide bonds. The van der Waals surface area contributed by atoms with Crippen molar-refractivity contribution in [2.45, 2.75) is 25.8 Å². The van der Waals surface area contributed by atoms with Crippen LogP contribution in [0.2, 0.25) is 0 Å². The summed E-state index contributed by atoms with van der Waals surface area (Å²) in [5.74, 6) is -1.11. The molecule has 0 atom stereocenters. The van der Waals surface area contributed by atoms with E-state index in [-0.39, 0.29) is 23.9 Å². The smallest absolute Gasteiger partial charge is 0.337 e. The number of carboxylic acids is 1. The molecule has 2 aliphatic heterocycles. The molecule has 0 fully saturated rings. The number of benzene rings is 2. The standard InChI is InChI=1S/C23H21N3O4/c27-20-9-8-14-4-1-2-7-19(14)26(20)13-21(28)25-11-10-18-17(12-25)15-5-3-6-16(23(29)30)22(15)24-18/h1-7,24H,8-13H2,(H,29,30). The zero-order chi connectivity index (χ0) is 20.8. The first kappa shape index (κ1) is 18.4. The van der Waals surface area contributed by atoms with E-state index in [0.29, 0.717) is 37.9 Å². The van der Waals surface area contributed by atoms with Crippen LogP contribution in [0.1, 0.15) is 33.6 Å². The Labute approximate surface area is 172 Å². The minimum atomic E-state index is -0.977. The maximum Gasteiger partial charge on any atom is 0.337 e. The summed E-state index contributed by atoms with van der Waals surface area (Å²) < 4.78 is 0. The largest absolute Gasteiger partial charge is 0.478 e. The molecule has 3 heterocycles. The molecular weight excluding hydrogens is 382 g/mol. The van der Waals surface area contributed by atoms with Gasteiger partial charge in [0.15, 0.2) is 0 Å². The van der Waals surface area contributed by atoms with Crippen molar-refractivity contribution in [2.24, 2.45) is 0 Å². The van der Waals surface area contributed by atoms with Crippen molar-refractivity contribution < 1.29 is 19.5 Å². The number of amides is 2. The molecule has 0 unspecified atom stereocenters. The summed E-state index contributed by atoms with van der Waals surface area (Å²) in [4.78, 5) is 43.7. The monoisotopic (exact) mass is 403 g/mol.